The molecule has 7 nitrogen and oxygen atoms in total. The zero-order chi connectivity index (χ0) is 23.0. The van der Waals surface area contributed by atoms with Crippen LogP contribution in [0.4, 0.5) is 5.69 Å². The number of nitrogens with one attached hydrogen (secondary N) is 1. The van der Waals surface area contributed by atoms with Crippen LogP contribution in [0.5, 0.6) is 5.88 Å². The highest BCUT2D eigenvalue weighted by molar-refractivity contribution is 7.92. The lowest BCUT2D eigenvalue weighted by Crippen LogP contribution is -2.27. The first-order valence-corrected chi connectivity index (χ1v) is 11.9. The number of benzene rings is 2. The summed E-state index contributed by atoms with van der Waals surface area (Å²) >= 11 is 0. The number of para-hydroxylation sites is 1. The number of amides is 1. The van der Waals surface area contributed by atoms with Gasteiger partial charge < -0.3 is 10.1 Å². The summed E-state index contributed by atoms with van der Waals surface area (Å²) < 4.78 is 32.7. The molecule has 168 valence electrons. The van der Waals surface area contributed by atoms with Crippen LogP contribution in [0.1, 0.15) is 35.7 Å². The quantitative estimate of drug-likeness (QED) is 0.469. The van der Waals surface area contributed by atoms with Crippen LogP contribution in [-0.2, 0) is 16.6 Å². The molecule has 1 amide bonds. The zero-order valence-electron chi connectivity index (χ0n) is 18.2. The van der Waals surface area contributed by atoms with Gasteiger partial charge >= 0.3 is 0 Å². The van der Waals surface area contributed by atoms with Crippen LogP contribution in [0.3, 0.4) is 0 Å². The van der Waals surface area contributed by atoms with Gasteiger partial charge in [-0.2, -0.15) is 0 Å². The SMILES string of the molecule is CCCCOc1ncccc1CNC(=O)c1ccc(S(=O)(=O)N(C)c2ccccc2)cc1. The minimum atomic E-state index is -3.73. The van der Waals surface area contributed by atoms with E-state index in [1.54, 1.807) is 36.5 Å². The highest BCUT2D eigenvalue weighted by Crippen LogP contribution is 2.22. The fraction of sp³-hybridized carbons (Fsp3) is 0.250. The van der Waals surface area contributed by atoms with E-state index in [1.807, 2.05) is 12.1 Å². The molecule has 2 aromatic carbocycles. The maximum absolute atomic E-state index is 12.9. The molecule has 0 aliphatic carbocycles. The first-order valence-electron chi connectivity index (χ1n) is 10.4. The van der Waals surface area contributed by atoms with Gasteiger partial charge in [0.15, 0.2) is 0 Å². The van der Waals surface area contributed by atoms with Crippen LogP contribution in [-0.4, -0.2) is 33.0 Å². The molecule has 0 unspecified atom stereocenters. The lowest BCUT2D eigenvalue weighted by molar-refractivity contribution is 0.0950. The summed E-state index contributed by atoms with van der Waals surface area (Å²) in [7, 11) is -2.23. The van der Waals surface area contributed by atoms with Gasteiger partial charge in [0, 0.05) is 30.9 Å². The third-order valence-corrected chi connectivity index (χ3v) is 6.72. The van der Waals surface area contributed by atoms with Gasteiger partial charge in [0.25, 0.3) is 15.9 Å². The standard InChI is InChI=1S/C24H27N3O4S/c1-3-4-17-31-24-20(9-8-16-25-24)18-26-23(28)19-12-14-22(15-13-19)32(29,30)27(2)21-10-6-5-7-11-21/h5-16H,3-4,17-18H2,1-2H3,(H,26,28). The summed E-state index contributed by atoms with van der Waals surface area (Å²) in [5.41, 5.74) is 1.70. The Labute approximate surface area is 189 Å². The normalized spacial score (nSPS) is 11.1. The smallest absolute Gasteiger partial charge is 0.264 e. The molecule has 8 heteroatoms. The summed E-state index contributed by atoms with van der Waals surface area (Å²) in [6, 6.07) is 18.3. The highest BCUT2D eigenvalue weighted by atomic mass is 32.2. The van der Waals surface area contributed by atoms with Gasteiger partial charge in [-0.15, -0.1) is 0 Å². The Morgan fingerprint density at radius 3 is 2.44 bits per heavy atom. The summed E-state index contributed by atoms with van der Waals surface area (Å²) in [6.45, 7) is 2.91. The molecule has 0 radical (unpaired) electrons. The second-order valence-electron chi connectivity index (χ2n) is 7.18. The first kappa shape index (κ1) is 23.3. The van der Waals surface area contributed by atoms with Crippen molar-refractivity contribution in [1.29, 1.82) is 0 Å². The lowest BCUT2D eigenvalue weighted by atomic mass is 10.2. The van der Waals surface area contributed by atoms with Crippen molar-refractivity contribution in [2.75, 3.05) is 18.0 Å². The van der Waals surface area contributed by atoms with Gasteiger partial charge in [-0.3, -0.25) is 9.10 Å². The number of unbranched alkanes of at least 4 members (excludes halogenated alkanes) is 1. The van der Waals surface area contributed by atoms with Crippen LogP contribution in [0.25, 0.3) is 0 Å². The van der Waals surface area contributed by atoms with E-state index >= 15 is 0 Å². The van der Waals surface area contributed by atoms with Crippen molar-refractivity contribution in [3.8, 4) is 5.88 Å². The molecule has 0 fully saturated rings. The Balaban J connectivity index is 1.66. The minimum absolute atomic E-state index is 0.110. The molecule has 0 saturated heterocycles. The number of carbonyl (C=O) groups is 1. The van der Waals surface area contributed by atoms with Gasteiger partial charge in [-0.1, -0.05) is 37.6 Å². The number of pyridine rings is 1. The number of ether oxygens (including phenoxy) is 1. The molecule has 0 atom stereocenters. The Bertz CT molecular complexity index is 1130. The third-order valence-electron chi connectivity index (χ3n) is 4.92. The largest absolute Gasteiger partial charge is 0.477 e. The summed E-state index contributed by atoms with van der Waals surface area (Å²) in [6.07, 6.45) is 3.60. The van der Waals surface area contributed by atoms with Crippen molar-refractivity contribution in [2.45, 2.75) is 31.2 Å². The number of hydrogen-bond donors (Lipinski definition) is 1. The molecule has 1 aromatic heterocycles. The number of sulfonamides is 1. The van der Waals surface area contributed by atoms with Crippen molar-refractivity contribution in [3.05, 3.63) is 84.1 Å². The van der Waals surface area contributed by atoms with Crippen LogP contribution in [0, 0.1) is 0 Å². The topological polar surface area (TPSA) is 88.6 Å². The molecule has 0 aliphatic heterocycles. The van der Waals surface area contributed by atoms with E-state index in [2.05, 4.69) is 17.2 Å². The number of anilines is 1. The second kappa shape index (κ2) is 10.8. The summed E-state index contributed by atoms with van der Waals surface area (Å²) in [4.78, 5) is 16.9. The lowest BCUT2D eigenvalue weighted by Gasteiger charge is -2.19. The number of aromatic nitrogens is 1. The van der Waals surface area contributed by atoms with E-state index in [0.717, 1.165) is 18.4 Å². The maximum Gasteiger partial charge on any atom is 0.264 e. The molecule has 3 aromatic rings. The Hall–Kier alpha value is -3.39. The fourth-order valence-corrected chi connectivity index (χ4v) is 4.19. The molecule has 0 spiro atoms. The fourth-order valence-electron chi connectivity index (χ4n) is 2.99. The van der Waals surface area contributed by atoms with Crippen molar-refractivity contribution in [1.82, 2.24) is 10.3 Å². The van der Waals surface area contributed by atoms with E-state index in [9.17, 15) is 13.2 Å². The number of carbonyl (C=O) groups excluding carboxylic acids is 1. The van der Waals surface area contributed by atoms with Gasteiger partial charge in [-0.25, -0.2) is 13.4 Å². The van der Waals surface area contributed by atoms with Crippen molar-refractivity contribution < 1.29 is 17.9 Å². The molecule has 1 heterocycles. The second-order valence-corrected chi connectivity index (χ2v) is 9.15. The molecule has 3 rings (SSSR count). The predicted molar refractivity (Wildman–Crippen MR) is 124 cm³/mol. The Morgan fingerprint density at radius 2 is 1.75 bits per heavy atom. The Morgan fingerprint density at radius 1 is 1.03 bits per heavy atom. The van der Waals surface area contributed by atoms with Crippen LogP contribution in [0.2, 0.25) is 0 Å². The van der Waals surface area contributed by atoms with E-state index in [1.165, 1.54) is 35.6 Å². The highest BCUT2D eigenvalue weighted by Gasteiger charge is 2.21. The van der Waals surface area contributed by atoms with Gasteiger partial charge in [0.2, 0.25) is 5.88 Å². The molecule has 32 heavy (non-hydrogen) atoms. The molecule has 0 aliphatic rings. The van der Waals surface area contributed by atoms with E-state index in [-0.39, 0.29) is 17.3 Å². The van der Waals surface area contributed by atoms with Gasteiger partial charge in [0.05, 0.1) is 17.2 Å². The number of nitrogens with zero attached hydrogens (tertiary/aromatic N) is 2. The molecular weight excluding hydrogens is 426 g/mol. The average Bonchev–Trinajstić information content (AvgIpc) is 2.83. The molecule has 0 saturated carbocycles. The van der Waals surface area contributed by atoms with E-state index in [4.69, 9.17) is 4.74 Å². The molecule has 1 N–H and O–H groups in total. The van der Waals surface area contributed by atoms with E-state index in [0.29, 0.717) is 23.7 Å². The minimum Gasteiger partial charge on any atom is -0.477 e. The van der Waals surface area contributed by atoms with Crippen molar-refractivity contribution in [3.63, 3.8) is 0 Å². The summed E-state index contributed by atoms with van der Waals surface area (Å²) in [5.74, 6) is 0.195. The summed E-state index contributed by atoms with van der Waals surface area (Å²) in [5, 5.41) is 2.83. The number of hydrogen-bond acceptors (Lipinski definition) is 5. The predicted octanol–water partition coefficient (Wildman–Crippen LogP) is 4.02. The van der Waals surface area contributed by atoms with Crippen LogP contribution >= 0.6 is 0 Å². The van der Waals surface area contributed by atoms with Crippen molar-refractivity contribution in [2.24, 2.45) is 0 Å². The maximum atomic E-state index is 12.9. The molecular formula is C24H27N3O4S. The number of rotatable bonds is 10. The van der Waals surface area contributed by atoms with Crippen LogP contribution in [0.15, 0.2) is 77.8 Å². The first-order chi connectivity index (χ1) is 15.4. The third kappa shape index (κ3) is 5.64. The van der Waals surface area contributed by atoms with Gasteiger partial charge in [0.1, 0.15) is 0 Å². The van der Waals surface area contributed by atoms with Crippen molar-refractivity contribution >= 4 is 21.6 Å². The monoisotopic (exact) mass is 453 g/mol. The molecule has 0 bridgehead atoms. The average molecular weight is 454 g/mol. The zero-order valence-corrected chi connectivity index (χ0v) is 19.0. The van der Waals surface area contributed by atoms with Gasteiger partial charge in [-0.05, 0) is 48.9 Å². The Kier molecular flexibility index (Phi) is 7.83. The van der Waals surface area contributed by atoms with Crippen LogP contribution < -0.4 is 14.4 Å². The van der Waals surface area contributed by atoms with E-state index < -0.39 is 10.0 Å².